The molecule has 1 unspecified atom stereocenters. The molecule has 0 spiro atoms. The van der Waals surface area contributed by atoms with Crippen LogP contribution in [0.1, 0.15) is 41.0 Å². The molecule has 1 fully saturated rings. The number of ether oxygens (including phenoxy) is 1. The minimum absolute atomic E-state index is 0.218. The average Bonchev–Trinajstić information content (AvgIpc) is 2.64. The number of hydrogen-bond acceptors (Lipinski definition) is 4. The van der Waals surface area contributed by atoms with Gasteiger partial charge in [-0.2, -0.15) is 11.8 Å². The molecule has 1 saturated heterocycles. The average molecular weight is 289 g/mol. The summed E-state index contributed by atoms with van der Waals surface area (Å²) in [5.41, 5.74) is -1.77. The first kappa shape index (κ1) is 16.1. The van der Waals surface area contributed by atoms with E-state index < -0.39 is 23.2 Å². The third kappa shape index (κ3) is 3.55. The summed E-state index contributed by atoms with van der Waals surface area (Å²) in [7, 11) is 0. The zero-order valence-corrected chi connectivity index (χ0v) is 13.0. The summed E-state index contributed by atoms with van der Waals surface area (Å²) in [6, 6.07) is -0.218. The Hall–Kier alpha value is -0.910. The highest BCUT2D eigenvalue weighted by Crippen LogP contribution is 2.36. The molecule has 0 bridgehead atoms. The maximum absolute atomic E-state index is 12.3. The number of carboxylic acid groups (broad SMARTS) is 1. The first-order valence-corrected chi connectivity index (χ1v) is 7.59. The SMILES string of the molecule is CC(C)N(C(=O)OC(C)(C)C)C1(C(=O)O)CCSC1. The van der Waals surface area contributed by atoms with Gasteiger partial charge in [-0.25, -0.2) is 9.59 Å². The van der Waals surface area contributed by atoms with Gasteiger partial charge in [-0.15, -0.1) is 0 Å². The van der Waals surface area contributed by atoms with Gasteiger partial charge in [0.25, 0.3) is 0 Å². The van der Waals surface area contributed by atoms with Crippen LogP contribution in [0, 0.1) is 0 Å². The number of amides is 1. The van der Waals surface area contributed by atoms with Gasteiger partial charge in [0.15, 0.2) is 5.54 Å². The molecule has 1 aliphatic heterocycles. The molecule has 0 aromatic rings. The number of hydrogen-bond donors (Lipinski definition) is 1. The lowest BCUT2D eigenvalue weighted by molar-refractivity contribution is -0.150. The van der Waals surface area contributed by atoms with Gasteiger partial charge in [0.1, 0.15) is 5.60 Å². The second-order valence-corrected chi connectivity index (χ2v) is 7.19. The quantitative estimate of drug-likeness (QED) is 0.865. The van der Waals surface area contributed by atoms with Crippen LogP contribution in [0.4, 0.5) is 4.79 Å². The van der Waals surface area contributed by atoms with Crippen molar-refractivity contribution in [2.45, 2.75) is 58.2 Å². The second-order valence-electron chi connectivity index (χ2n) is 6.08. The fraction of sp³-hybridized carbons (Fsp3) is 0.846. The fourth-order valence-electron chi connectivity index (χ4n) is 2.21. The number of carbonyl (C=O) groups excluding carboxylic acids is 1. The van der Waals surface area contributed by atoms with Crippen LogP contribution in [-0.2, 0) is 9.53 Å². The van der Waals surface area contributed by atoms with Crippen LogP contribution in [0.15, 0.2) is 0 Å². The third-order valence-electron chi connectivity index (χ3n) is 2.97. The van der Waals surface area contributed by atoms with E-state index in [2.05, 4.69) is 0 Å². The number of rotatable bonds is 3. The van der Waals surface area contributed by atoms with E-state index in [0.29, 0.717) is 12.2 Å². The van der Waals surface area contributed by atoms with Crippen molar-refractivity contribution in [3.05, 3.63) is 0 Å². The number of nitrogens with zero attached hydrogens (tertiary/aromatic N) is 1. The van der Waals surface area contributed by atoms with E-state index in [1.807, 2.05) is 13.8 Å². The van der Waals surface area contributed by atoms with Crippen molar-refractivity contribution in [1.82, 2.24) is 4.90 Å². The van der Waals surface area contributed by atoms with Crippen molar-refractivity contribution in [3.63, 3.8) is 0 Å². The molecule has 110 valence electrons. The topological polar surface area (TPSA) is 66.8 Å². The molecule has 0 saturated carbocycles. The van der Waals surface area contributed by atoms with Crippen LogP contribution in [0.25, 0.3) is 0 Å². The second kappa shape index (κ2) is 5.61. The summed E-state index contributed by atoms with van der Waals surface area (Å²) >= 11 is 1.56. The van der Waals surface area contributed by atoms with Crippen molar-refractivity contribution in [3.8, 4) is 0 Å². The molecule has 19 heavy (non-hydrogen) atoms. The first-order chi connectivity index (χ1) is 8.60. The molecule has 1 rings (SSSR count). The lowest BCUT2D eigenvalue weighted by Gasteiger charge is -2.40. The highest BCUT2D eigenvalue weighted by Gasteiger charge is 2.51. The van der Waals surface area contributed by atoms with Gasteiger partial charge < -0.3 is 9.84 Å². The summed E-state index contributed by atoms with van der Waals surface area (Å²) in [5.74, 6) is 0.218. The molecule has 1 aliphatic rings. The summed E-state index contributed by atoms with van der Waals surface area (Å²) < 4.78 is 5.36. The highest BCUT2D eigenvalue weighted by atomic mass is 32.2. The Morgan fingerprint density at radius 2 is 1.95 bits per heavy atom. The molecule has 0 aromatic heterocycles. The predicted octanol–water partition coefficient (Wildman–Crippen LogP) is 2.59. The van der Waals surface area contributed by atoms with Gasteiger partial charge >= 0.3 is 12.1 Å². The molecule has 6 heteroatoms. The summed E-state index contributed by atoms with van der Waals surface area (Å²) in [4.78, 5) is 25.4. The van der Waals surface area contributed by atoms with Crippen molar-refractivity contribution in [2.75, 3.05) is 11.5 Å². The van der Waals surface area contributed by atoms with E-state index in [1.165, 1.54) is 4.90 Å². The van der Waals surface area contributed by atoms with Gasteiger partial charge in [-0.3, -0.25) is 4.90 Å². The maximum atomic E-state index is 12.3. The van der Waals surface area contributed by atoms with Crippen LogP contribution in [0.3, 0.4) is 0 Å². The molecular weight excluding hydrogens is 266 g/mol. The maximum Gasteiger partial charge on any atom is 0.411 e. The Kier molecular flexibility index (Phi) is 4.76. The number of carboxylic acids is 1. The van der Waals surface area contributed by atoms with E-state index in [4.69, 9.17) is 4.74 Å². The first-order valence-electron chi connectivity index (χ1n) is 6.43. The minimum Gasteiger partial charge on any atom is -0.479 e. The van der Waals surface area contributed by atoms with Crippen LogP contribution in [0.2, 0.25) is 0 Å². The smallest absolute Gasteiger partial charge is 0.411 e. The van der Waals surface area contributed by atoms with E-state index in [1.54, 1.807) is 32.5 Å². The van der Waals surface area contributed by atoms with Gasteiger partial charge in [0.2, 0.25) is 0 Å². The Morgan fingerprint density at radius 3 is 2.26 bits per heavy atom. The number of carbonyl (C=O) groups is 2. The minimum atomic E-state index is -1.14. The van der Waals surface area contributed by atoms with E-state index >= 15 is 0 Å². The van der Waals surface area contributed by atoms with Crippen LogP contribution in [-0.4, -0.2) is 50.8 Å². The lowest BCUT2D eigenvalue weighted by Crippen LogP contribution is -2.60. The lowest BCUT2D eigenvalue weighted by atomic mass is 9.95. The normalized spacial score (nSPS) is 23.5. The van der Waals surface area contributed by atoms with Crippen LogP contribution in [0.5, 0.6) is 0 Å². The molecule has 1 N–H and O–H groups in total. The summed E-state index contributed by atoms with van der Waals surface area (Å²) in [6.07, 6.45) is -0.0860. The van der Waals surface area contributed by atoms with E-state index in [-0.39, 0.29) is 6.04 Å². The number of thioether (sulfide) groups is 1. The van der Waals surface area contributed by atoms with Crippen molar-refractivity contribution in [2.24, 2.45) is 0 Å². The molecule has 1 heterocycles. The zero-order valence-electron chi connectivity index (χ0n) is 12.2. The number of aliphatic carboxylic acids is 1. The third-order valence-corrected chi connectivity index (χ3v) is 4.14. The standard InChI is InChI=1S/C13H23NO4S/c1-9(2)14(11(17)18-12(3,4)5)13(10(15)16)6-7-19-8-13/h9H,6-8H2,1-5H3,(H,15,16). The van der Waals surface area contributed by atoms with Gasteiger partial charge in [0, 0.05) is 11.8 Å². The molecular formula is C13H23NO4S. The van der Waals surface area contributed by atoms with E-state index in [9.17, 15) is 14.7 Å². The largest absolute Gasteiger partial charge is 0.479 e. The molecule has 0 aromatic carbocycles. The monoisotopic (exact) mass is 289 g/mol. The summed E-state index contributed by atoms with van der Waals surface area (Å²) in [5, 5.41) is 9.57. The predicted molar refractivity (Wildman–Crippen MR) is 75.5 cm³/mol. The van der Waals surface area contributed by atoms with Gasteiger partial charge in [-0.05, 0) is 46.8 Å². The van der Waals surface area contributed by atoms with Crippen molar-refractivity contribution >= 4 is 23.8 Å². The van der Waals surface area contributed by atoms with Crippen LogP contribution >= 0.6 is 11.8 Å². The molecule has 1 atom stereocenters. The molecule has 5 nitrogen and oxygen atoms in total. The molecule has 0 radical (unpaired) electrons. The molecule has 0 aliphatic carbocycles. The van der Waals surface area contributed by atoms with Crippen LogP contribution < -0.4 is 0 Å². The molecule has 1 amide bonds. The van der Waals surface area contributed by atoms with Gasteiger partial charge in [-0.1, -0.05) is 0 Å². The van der Waals surface area contributed by atoms with Crippen molar-refractivity contribution in [1.29, 1.82) is 0 Å². The Labute approximate surface area is 118 Å². The van der Waals surface area contributed by atoms with Gasteiger partial charge in [0.05, 0.1) is 0 Å². The Bertz CT molecular complexity index is 356. The zero-order chi connectivity index (χ0) is 14.8. The Morgan fingerprint density at radius 1 is 1.37 bits per heavy atom. The summed E-state index contributed by atoms with van der Waals surface area (Å²) in [6.45, 7) is 8.97. The van der Waals surface area contributed by atoms with Crippen molar-refractivity contribution < 1.29 is 19.4 Å². The highest BCUT2D eigenvalue weighted by molar-refractivity contribution is 7.99. The fourth-order valence-corrected chi connectivity index (χ4v) is 3.58. The Balaban J connectivity index is 3.05. The van der Waals surface area contributed by atoms with E-state index in [0.717, 1.165) is 5.75 Å².